The van der Waals surface area contributed by atoms with E-state index in [1.807, 2.05) is 13.0 Å². The van der Waals surface area contributed by atoms with E-state index in [0.717, 1.165) is 12.0 Å². The molecule has 3 heterocycles. The number of rotatable bonds is 1. The number of anilines is 1. The molecule has 0 aromatic carbocycles. The van der Waals surface area contributed by atoms with Crippen molar-refractivity contribution >= 4 is 17.6 Å². The third-order valence-electron chi connectivity index (χ3n) is 3.51. The molecule has 6 nitrogen and oxygen atoms in total. The van der Waals surface area contributed by atoms with Crippen molar-refractivity contribution in [2.24, 2.45) is 0 Å². The third kappa shape index (κ3) is 1.53. The summed E-state index contributed by atoms with van der Waals surface area (Å²) in [5.41, 5.74) is 1.60. The second-order valence-electron chi connectivity index (χ2n) is 4.56. The Hall–Kier alpha value is -2.11. The number of nitrogens with one attached hydrogen (secondary N) is 2. The van der Waals surface area contributed by atoms with Gasteiger partial charge in [-0.2, -0.15) is 0 Å². The number of hydrogen-bond acceptors (Lipinski definition) is 3. The number of fused-ring (bicyclic) bond motifs is 2. The van der Waals surface area contributed by atoms with Crippen LogP contribution in [0.2, 0.25) is 0 Å². The number of pyridine rings is 1. The van der Waals surface area contributed by atoms with Crippen LogP contribution in [0.1, 0.15) is 18.9 Å². The van der Waals surface area contributed by atoms with Gasteiger partial charge in [0.15, 0.2) is 0 Å². The summed E-state index contributed by atoms with van der Waals surface area (Å²) in [6.45, 7) is 2.39. The van der Waals surface area contributed by atoms with Crippen LogP contribution < -0.4 is 10.6 Å². The number of amides is 3. The van der Waals surface area contributed by atoms with Crippen LogP contribution in [-0.2, 0) is 11.3 Å². The molecule has 94 valence electrons. The summed E-state index contributed by atoms with van der Waals surface area (Å²) in [6.07, 6.45) is 4.01. The zero-order valence-electron chi connectivity index (χ0n) is 10.0. The molecule has 3 rings (SSSR count). The second kappa shape index (κ2) is 3.97. The zero-order valence-corrected chi connectivity index (χ0v) is 10.0. The summed E-state index contributed by atoms with van der Waals surface area (Å²) < 4.78 is 0. The lowest BCUT2D eigenvalue weighted by atomic mass is 10.1. The molecule has 18 heavy (non-hydrogen) atoms. The van der Waals surface area contributed by atoms with Crippen LogP contribution in [-0.4, -0.2) is 33.9 Å². The average molecular weight is 246 g/mol. The lowest BCUT2D eigenvalue weighted by Gasteiger charge is -2.21. The van der Waals surface area contributed by atoms with Crippen LogP contribution in [0.15, 0.2) is 18.5 Å². The Morgan fingerprint density at radius 1 is 1.50 bits per heavy atom. The van der Waals surface area contributed by atoms with E-state index >= 15 is 0 Å². The molecule has 2 N–H and O–H groups in total. The molecule has 0 aliphatic carbocycles. The summed E-state index contributed by atoms with van der Waals surface area (Å²) in [7, 11) is 0. The van der Waals surface area contributed by atoms with Crippen molar-refractivity contribution in [1.82, 2.24) is 15.2 Å². The fourth-order valence-corrected chi connectivity index (χ4v) is 2.55. The van der Waals surface area contributed by atoms with Crippen LogP contribution in [0.4, 0.5) is 10.5 Å². The summed E-state index contributed by atoms with van der Waals surface area (Å²) in [5.74, 6) is -0.146. The van der Waals surface area contributed by atoms with Gasteiger partial charge < -0.3 is 15.5 Å². The maximum Gasteiger partial charge on any atom is 0.318 e. The summed E-state index contributed by atoms with van der Waals surface area (Å²) in [6, 6.07) is 1.09. The largest absolute Gasteiger partial charge is 0.333 e. The Labute approximate surface area is 104 Å². The van der Waals surface area contributed by atoms with Crippen molar-refractivity contribution in [3.05, 3.63) is 24.0 Å². The first-order valence-corrected chi connectivity index (χ1v) is 6.01. The van der Waals surface area contributed by atoms with Gasteiger partial charge in [0.25, 0.3) is 0 Å². The van der Waals surface area contributed by atoms with Crippen molar-refractivity contribution in [3.63, 3.8) is 0 Å². The molecule has 2 atom stereocenters. The molecule has 1 aromatic heterocycles. The molecule has 0 radical (unpaired) electrons. The van der Waals surface area contributed by atoms with E-state index in [9.17, 15) is 9.59 Å². The highest BCUT2D eigenvalue weighted by atomic mass is 16.2. The standard InChI is InChI=1S/C12H14N4O2/c1-2-8-10-11(17)14-9-5-13-4-3-7(9)6-16(10)12(18)15-8/h3-5,8,10H,2,6H2,1H3,(H,14,17)(H,15,18)/t8-,10-/m0/s1. The van der Waals surface area contributed by atoms with Crippen molar-refractivity contribution in [2.75, 3.05) is 5.32 Å². The molecule has 2 aliphatic heterocycles. The highest BCUT2D eigenvalue weighted by Gasteiger charge is 2.44. The average Bonchev–Trinajstić information content (AvgIpc) is 2.60. The van der Waals surface area contributed by atoms with Gasteiger partial charge in [-0.25, -0.2) is 4.79 Å². The van der Waals surface area contributed by atoms with Gasteiger partial charge in [0.2, 0.25) is 5.91 Å². The van der Waals surface area contributed by atoms with Gasteiger partial charge in [-0.3, -0.25) is 9.78 Å². The van der Waals surface area contributed by atoms with Gasteiger partial charge in [0.05, 0.1) is 24.5 Å². The normalized spacial score (nSPS) is 25.9. The first-order chi connectivity index (χ1) is 8.70. The number of carbonyl (C=O) groups excluding carboxylic acids is 2. The topological polar surface area (TPSA) is 74.3 Å². The highest BCUT2D eigenvalue weighted by molar-refractivity contribution is 6.00. The molecule has 1 aromatic rings. The van der Waals surface area contributed by atoms with Crippen LogP contribution in [0.3, 0.4) is 0 Å². The molecule has 1 fully saturated rings. The third-order valence-corrected chi connectivity index (χ3v) is 3.51. The van der Waals surface area contributed by atoms with E-state index in [1.165, 1.54) is 0 Å². The van der Waals surface area contributed by atoms with Crippen LogP contribution in [0.25, 0.3) is 0 Å². The van der Waals surface area contributed by atoms with Gasteiger partial charge in [-0.1, -0.05) is 6.92 Å². The Morgan fingerprint density at radius 2 is 2.33 bits per heavy atom. The molecule has 0 bridgehead atoms. The molecule has 6 heteroatoms. The van der Waals surface area contributed by atoms with E-state index < -0.39 is 6.04 Å². The molecular formula is C12H14N4O2. The van der Waals surface area contributed by atoms with Crippen molar-refractivity contribution in [3.8, 4) is 0 Å². The lowest BCUT2D eigenvalue weighted by Crippen LogP contribution is -2.44. The van der Waals surface area contributed by atoms with E-state index in [4.69, 9.17) is 0 Å². The summed E-state index contributed by atoms with van der Waals surface area (Å²) in [5, 5.41) is 5.69. The number of hydrogen-bond donors (Lipinski definition) is 2. The molecule has 3 amide bonds. The number of aromatic nitrogens is 1. The van der Waals surface area contributed by atoms with Gasteiger partial charge >= 0.3 is 6.03 Å². The first-order valence-electron chi connectivity index (χ1n) is 6.01. The van der Waals surface area contributed by atoms with Gasteiger partial charge in [-0.15, -0.1) is 0 Å². The zero-order chi connectivity index (χ0) is 12.7. The second-order valence-corrected chi connectivity index (χ2v) is 4.56. The Bertz CT molecular complexity index is 517. The lowest BCUT2D eigenvalue weighted by molar-refractivity contribution is -0.120. The van der Waals surface area contributed by atoms with E-state index in [1.54, 1.807) is 17.3 Å². The quantitative estimate of drug-likeness (QED) is 0.766. The smallest absolute Gasteiger partial charge is 0.318 e. The minimum atomic E-state index is -0.435. The molecule has 0 unspecified atom stereocenters. The van der Waals surface area contributed by atoms with E-state index in [0.29, 0.717) is 12.2 Å². The van der Waals surface area contributed by atoms with Gasteiger partial charge in [0.1, 0.15) is 6.04 Å². The van der Waals surface area contributed by atoms with Gasteiger partial charge in [0, 0.05) is 6.20 Å². The predicted octanol–water partition coefficient (Wildman–Crippen LogP) is 0.706. The monoisotopic (exact) mass is 246 g/mol. The van der Waals surface area contributed by atoms with Gasteiger partial charge in [-0.05, 0) is 18.1 Å². The molecule has 1 saturated heterocycles. The molecular weight excluding hydrogens is 232 g/mol. The molecule has 0 spiro atoms. The van der Waals surface area contributed by atoms with Crippen molar-refractivity contribution in [1.29, 1.82) is 0 Å². The number of carbonyl (C=O) groups is 2. The fraction of sp³-hybridized carbons (Fsp3) is 0.417. The molecule has 0 saturated carbocycles. The minimum Gasteiger partial charge on any atom is -0.333 e. The minimum absolute atomic E-state index is 0.125. The highest BCUT2D eigenvalue weighted by Crippen LogP contribution is 2.27. The van der Waals surface area contributed by atoms with E-state index in [-0.39, 0.29) is 18.0 Å². The maximum absolute atomic E-state index is 12.2. The summed E-state index contributed by atoms with van der Waals surface area (Å²) >= 11 is 0. The molecule has 2 aliphatic rings. The Morgan fingerprint density at radius 3 is 3.11 bits per heavy atom. The van der Waals surface area contributed by atoms with Crippen molar-refractivity contribution < 1.29 is 9.59 Å². The fourth-order valence-electron chi connectivity index (χ4n) is 2.55. The van der Waals surface area contributed by atoms with Crippen LogP contribution >= 0.6 is 0 Å². The number of nitrogens with zero attached hydrogens (tertiary/aromatic N) is 2. The predicted molar refractivity (Wildman–Crippen MR) is 64.8 cm³/mol. The van der Waals surface area contributed by atoms with Crippen LogP contribution in [0.5, 0.6) is 0 Å². The SMILES string of the molecule is CC[C@@H]1NC(=O)N2Cc3ccncc3NC(=O)[C@H]12. The Balaban J connectivity index is 2.02. The Kier molecular flexibility index (Phi) is 2.43. The van der Waals surface area contributed by atoms with Crippen molar-refractivity contribution in [2.45, 2.75) is 32.0 Å². The maximum atomic E-state index is 12.2. The summed E-state index contributed by atoms with van der Waals surface area (Å²) in [4.78, 5) is 29.7. The first kappa shape index (κ1) is 11.0. The number of urea groups is 1. The van der Waals surface area contributed by atoms with Crippen LogP contribution in [0, 0.1) is 0 Å². The van der Waals surface area contributed by atoms with E-state index in [2.05, 4.69) is 15.6 Å².